The second-order valence-electron chi connectivity index (χ2n) is 12.7. The Balaban J connectivity index is 1.10. The summed E-state index contributed by atoms with van der Waals surface area (Å²) in [6.45, 7) is 5.76. The highest BCUT2D eigenvalue weighted by atomic mass is 16.2. The number of carbonyl (C=O) groups excluding carboxylic acids is 2. The summed E-state index contributed by atoms with van der Waals surface area (Å²) >= 11 is 0. The Morgan fingerprint density at radius 3 is 2.56 bits per heavy atom. The Hall–Kier alpha value is -2.56. The second kappa shape index (κ2) is 8.78. The highest BCUT2D eigenvalue weighted by molar-refractivity contribution is 5.93. The summed E-state index contributed by atoms with van der Waals surface area (Å²) < 4.78 is 0. The number of likely N-dealkylation sites (tertiary alicyclic amines) is 1. The molecular weight excluding hydrogens is 446 g/mol. The average Bonchev–Trinajstić information content (AvgIpc) is 3.21. The predicted octanol–water partition coefficient (Wildman–Crippen LogP) is 6.44. The van der Waals surface area contributed by atoms with Crippen molar-refractivity contribution in [3.63, 3.8) is 0 Å². The third kappa shape index (κ3) is 3.72. The number of carbonyl (C=O) groups is 2. The van der Waals surface area contributed by atoms with Gasteiger partial charge >= 0.3 is 6.03 Å². The molecule has 0 bridgehead atoms. The van der Waals surface area contributed by atoms with Crippen LogP contribution >= 0.6 is 0 Å². The molecule has 2 N–H and O–H groups in total. The first-order valence-corrected chi connectivity index (χ1v) is 14.1. The highest BCUT2D eigenvalue weighted by Gasteiger charge is 2.60. The van der Waals surface area contributed by atoms with Gasteiger partial charge in [0.15, 0.2) is 0 Å². The van der Waals surface area contributed by atoms with Crippen LogP contribution in [0.4, 0.5) is 10.5 Å². The summed E-state index contributed by atoms with van der Waals surface area (Å²) in [5.41, 5.74) is 1.41. The van der Waals surface area contributed by atoms with Crippen molar-refractivity contribution in [3.05, 3.63) is 42.5 Å². The van der Waals surface area contributed by atoms with Crippen LogP contribution in [0.25, 0.3) is 10.8 Å². The minimum atomic E-state index is -0.103. The SMILES string of the molecule is CN1C(=O)CC[C@@]2(C)C1CC[C@@H]1[C@H]2CC[C@]2(C)C(CNC(=O)Nc3ccc4ccccc4c3)CC[C@@H]12. The summed E-state index contributed by atoms with van der Waals surface area (Å²) in [5.74, 6) is 3.11. The molecule has 5 heteroatoms. The van der Waals surface area contributed by atoms with Crippen LogP contribution in [-0.4, -0.2) is 36.5 Å². The van der Waals surface area contributed by atoms with E-state index in [0.29, 0.717) is 29.7 Å². The lowest BCUT2D eigenvalue weighted by Gasteiger charge is -2.61. The molecule has 4 fully saturated rings. The average molecular weight is 488 g/mol. The molecule has 4 aliphatic rings. The quantitative estimate of drug-likeness (QED) is 0.523. The first kappa shape index (κ1) is 23.8. The number of amides is 3. The van der Waals surface area contributed by atoms with Gasteiger partial charge in [-0.05, 0) is 102 Å². The van der Waals surface area contributed by atoms with Crippen LogP contribution in [0.1, 0.15) is 65.2 Å². The molecular formula is C31H41N3O2. The molecule has 0 radical (unpaired) electrons. The third-order valence-corrected chi connectivity index (χ3v) is 11.3. The number of nitrogens with one attached hydrogen (secondary N) is 2. The Labute approximate surface area is 215 Å². The van der Waals surface area contributed by atoms with Gasteiger partial charge in [0.1, 0.15) is 0 Å². The lowest BCUT2D eigenvalue weighted by Crippen LogP contribution is -2.61. The number of piperidine rings is 1. The minimum absolute atomic E-state index is 0.103. The number of rotatable bonds is 3. The van der Waals surface area contributed by atoms with Crippen molar-refractivity contribution in [1.82, 2.24) is 10.2 Å². The second-order valence-corrected chi connectivity index (χ2v) is 12.7. The van der Waals surface area contributed by atoms with E-state index < -0.39 is 0 Å². The highest BCUT2D eigenvalue weighted by Crippen LogP contribution is 2.66. The van der Waals surface area contributed by atoms with E-state index in [0.717, 1.165) is 48.2 Å². The summed E-state index contributed by atoms with van der Waals surface area (Å²) in [6, 6.07) is 14.6. The number of anilines is 1. The normalized spacial score (nSPS) is 37.7. The van der Waals surface area contributed by atoms with Crippen molar-refractivity contribution in [2.24, 2.45) is 34.5 Å². The molecule has 1 heterocycles. The monoisotopic (exact) mass is 487 g/mol. The third-order valence-electron chi connectivity index (χ3n) is 11.3. The van der Waals surface area contributed by atoms with E-state index in [1.165, 1.54) is 37.5 Å². The molecule has 36 heavy (non-hydrogen) atoms. The topological polar surface area (TPSA) is 61.4 Å². The van der Waals surface area contributed by atoms with E-state index in [1.807, 2.05) is 31.3 Å². The minimum Gasteiger partial charge on any atom is -0.342 e. The molecule has 3 aliphatic carbocycles. The van der Waals surface area contributed by atoms with Crippen molar-refractivity contribution in [3.8, 4) is 0 Å². The van der Waals surface area contributed by atoms with E-state index in [-0.39, 0.29) is 11.4 Å². The molecule has 3 amide bonds. The first-order valence-electron chi connectivity index (χ1n) is 14.1. The summed E-state index contributed by atoms with van der Waals surface area (Å²) in [5, 5.41) is 8.58. The van der Waals surface area contributed by atoms with Gasteiger partial charge in [0, 0.05) is 31.7 Å². The van der Waals surface area contributed by atoms with Gasteiger partial charge in [-0.15, -0.1) is 0 Å². The maximum absolute atomic E-state index is 12.8. The number of fused-ring (bicyclic) bond motifs is 6. The van der Waals surface area contributed by atoms with Crippen LogP contribution in [0.3, 0.4) is 0 Å². The van der Waals surface area contributed by atoms with Crippen molar-refractivity contribution in [2.75, 3.05) is 18.9 Å². The zero-order valence-electron chi connectivity index (χ0n) is 22.1. The van der Waals surface area contributed by atoms with Crippen LogP contribution < -0.4 is 10.6 Å². The lowest BCUT2D eigenvalue weighted by molar-refractivity contribution is -0.158. The Bertz CT molecular complexity index is 1180. The van der Waals surface area contributed by atoms with Crippen LogP contribution in [0, 0.1) is 34.5 Å². The van der Waals surface area contributed by atoms with E-state index in [2.05, 4.69) is 47.6 Å². The summed E-state index contributed by atoms with van der Waals surface area (Å²) in [7, 11) is 2.04. The van der Waals surface area contributed by atoms with Gasteiger partial charge in [-0.3, -0.25) is 4.79 Å². The van der Waals surface area contributed by atoms with E-state index in [9.17, 15) is 9.59 Å². The molecule has 0 aromatic heterocycles. The first-order chi connectivity index (χ1) is 17.3. The van der Waals surface area contributed by atoms with Crippen molar-refractivity contribution in [2.45, 2.75) is 71.3 Å². The van der Waals surface area contributed by atoms with Gasteiger partial charge in [-0.1, -0.05) is 44.2 Å². The van der Waals surface area contributed by atoms with Gasteiger partial charge in [0.25, 0.3) is 0 Å². The lowest BCUT2D eigenvalue weighted by atomic mass is 9.47. The molecule has 2 aromatic carbocycles. The molecule has 192 valence electrons. The zero-order chi connectivity index (χ0) is 25.1. The maximum Gasteiger partial charge on any atom is 0.319 e. The summed E-state index contributed by atoms with van der Waals surface area (Å²) in [6.07, 6.45) is 9.20. The number of urea groups is 1. The molecule has 2 aromatic rings. The van der Waals surface area contributed by atoms with Gasteiger partial charge in [0.05, 0.1) is 0 Å². The number of benzene rings is 2. The number of hydrogen-bond acceptors (Lipinski definition) is 2. The summed E-state index contributed by atoms with van der Waals surface area (Å²) in [4.78, 5) is 27.3. The fourth-order valence-electron chi connectivity index (χ4n) is 9.25. The van der Waals surface area contributed by atoms with E-state index in [4.69, 9.17) is 0 Å². The van der Waals surface area contributed by atoms with Crippen molar-refractivity contribution in [1.29, 1.82) is 0 Å². The Kier molecular flexibility index (Phi) is 5.81. The van der Waals surface area contributed by atoms with Gasteiger partial charge in [-0.25, -0.2) is 4.79 Å². The fraction of sp³-hybridized carbons (Fsp3) is 0.613. The smallest absolute Gasteiger partial charge is 0.319 e. The standard InChI is InChI=1S/C31H41N3O2/c1-30-16-14-26-24(11-13-27-31(26,2)17-15-28(35)34(27)3)25(30)12-9-22(30)19-32-29(36)33-23-10-8-20-6-4-5-7-21(20)18-23/h4-8,10,18,22,24-27H,9,11-17,19H2,1-3H3,(H2,32,33,36)/t22?,24-,25-,26+,27?,30+,31+/m0/s1. The molecule has 5 nitrogen and oxygen atoms in total. The van der Waals surface area contributed by atoms with Crippen molar-refractivity contribution >= 4 is 28.4 Å². The fourth-order valence-corrected chi connectivity index (χ4v) is 9.25. The van der Waals surface area contributed by atoms with Gasteiger partial charge < -0.3 is 15.5 Å². The zero-order valence-corrected chi connectivity index (χ0v) is 22.1. The molecule has 3 saturated carbocycles. The molecule has 7 atom stereocenters. The molecule has 1 aliphatic heterocycles. The van der Waals surface area contributed by atoms with Gasteiger partial charge in [0.2, 0.25) is 5.91 Å². The largest absolute Gasteiger partial charge is 0.342 e. The van der Waals surface area contributed by atoms with E-state index in [1.54, 1.807) is 0 Å². The van der Waals surface area contributed by atoms with Gasteiger partial charge in [-0.2, -0.15) is 0 Å². The van der Waals surface area contributed by atoms with Crippen LogP contribution in [0.5, 0.6) is 0 Å². The molecule has 2 unspecified atom stereocenters. The number of hydrogen-bond donors (Lipinski definition) is 2. The molecule has 6 rings (SSSR count). The molecule has 0 spiro atoms. The van der Waals surface area contributed by atoms with Crippen LogP contribution in [0.2, 0.25) is 0 Å². The van der Waals surface area contributed by atoms with Crippen LogP contribution in [0.15, 0.2) is 42.5 Å². The number of nitrogens with zero attached hydrogens (tertiary/aromatic N) is 1. The molecule has 1 saturated heterocycles. The van der Waals surface area contributed by atoms with Crippen molar-refractivity contribution < 1.29 is 9.59 Å². The predicted molar refractivity (Wildman–Crippen MR) is 145 cm³/mol. The van der Waals surface area contributed by atoms with Crippen LogP contribution in [-0.2, 0) is 4.79 Å². The maximum atomic E-state index is 12.8. The Morgan fingerprint density at radius 2 is 1.72 bits per heavy atom. The Morgan fingerprint density at radius 1 is 0.944 bits per heavy atom. The van der Waals surface area contributed by atoms with E-state index >= 15 is 0 Å².